The van der Waals surface area contributed by atoms with E-state index in [0.29, 0.717) is 12.1 Å². The van der Waals surface area contributed by atoms with Crippen molar-refractivity contribution in [3.63, 3.8) is 0 Å². The summed E-state index contributed by atoms with van der Waals surface area (Å²) in [6, 6.07) is 4.50. The van der Waals surface area contributed by atoms with Crippen molar-refractivity contribution in [2.75, 3.05) is 5.73 Å². The Hall–Kier alpha value is -1.56. The lowest BCUT2D eigenvalue weighted by Crippen LogP contribution is -2.05. The van der Waals surface area contributed by atoms with E-state index < -0.39 is 17.0 Å². The predicted molar refractivity (Wildman–Crippen MR) is 56.0 cm³/mol. The van der Waals surface area contributed by atoms with E-state index in [1.807, 2.05) is 6.92 Å². The summed E-state index contributed by atoms with van der Waals surface area (Å²) < 4.78 is 24.4. The zero-order valence-corrected chi connectivity index (χ0v) is 8.99. The molecular formula is C9H11NO4S. The molecule has 5 nitrogen and oxygen atoms in total. The van der Waals surface area contributed by atoms with Crippen LogP contribution in [0.25, 0.3) is 0 Å². The van der Waals surface area contributed by atoms with Gasteiger partial charge in [-0.25, -0.2) is 4.79 Å². The average Bonchev–Trinajstić information content (AvgIpc) is 2.17. The van der Waals surface area contributed by atoms with Crippen LogP contribution in [0.5, 0.6) is 0 Å². The summed E-state index contributed by atoms with van der Waals surface area (Å²) in [5, 5.41) is 0. The maximum absolute atomic E-state index is 11.2. The van der Waals surface area contributed by atoms with Crippen molar-refractivity contribution >= 4 is 22.6 Å². The summed E-state index contributed by atoms with van der Waals surface area (Å²) in [5.74, 6) is -0.888. The van der Waals surface area contributed by atoms with Crippen molar-refractivity contribution in [2.24, 2.45) is 0 Å². The molecule has 0 aliphatic carbocycles. The van der Waals surface area contributed by atoms with Crippen LogP contribution in [0.1, 0.15) is 22.8 Å². The zero-order chi connectivity index (χ0) is 11.4. The average molecular weight is 229 g/mol. The standard InChI is InChI=1S/C9H11NO4S/c1-2-6-5-7(3-4-8(6)10)9(11)14-15(12)13/h3-5,15H,2,10H2,1H3. The van der Waals surface area contributed by atoms with E-state index in [2.05, 4.69) is 4.18 Å². The molecule has 2 N–H and O–H groups in total. The predicted octanol–water partition coefficient (Wildman–Crippen LogP) is 0.514. The molecule has 0 bridgehead atoms. The van der Waals surface area contributed by atoms with Gasteiger partial charge < -0.3 is 9.92 Å². The van der Waals surface area contributed by atoms with Crippen LogP contribution in [0.3, 0.4) is 0 Å². The molecule has 0 aliphatic heterocycles. The van der Waals surface area contributed by atoms with E-state index in [1.54, 1.807) is 6.07 Å². The van der Waals surface area contributed by atoms with E-state index in [0.717, 1.165) is 5.56 Å². The SMILES string of the molecule is CCc1cc(C(=O)O[SH](=O)=O)ccc1N. The van der Waals surface area contributed by atoms with Gasteiger partial charge in [-0.3, -0.25) is 0 Å². The highest BCUT2D eigenvalue weighted by Gasteiger charge is 2.09. The number of hydrogen-bond donors (Lipinski definition) is 2. The van der Waals surface area contributed by atoms with Gasteiger partial charge in [-0.15, -0.1) is 0 Å². The van der Waals surface area contributed by atoms with Crippen molar-refractivity contribution in [3.05, 3.63) is 29.3 Å². The molecule has 0 saturated carbocycles. The molecule has 0 heterocycles. The normalized spacial score (nSPS) is 10.3. The van der Waals surface area contributed by atoms with E-state index in [1.165, 1.54) is 12.1 Å². The van der Waals surface area contributed by atoms with Crippen LogP contribution in [0, 0.1) is 0 Å². The number of aryl methyl sites for hydroxylation is 1. The topological polar surface area (TPSA) is 86.5 Å². The maximum Gasteiger partial charge on any atom is 0.353 e. The van der Waals surface area contributed by atoms with Gasteiger partial charge in [0.1, 0.15) is 0 Å². The quantitative estimate of drug-likeness (QED) is 0.582. The highest BCUT2D eigenvalue weighted by atomic mass is 32.2. The fourth-order valence-electron chi connectivity index (χ4n) is 1.16. The Balaban J connectivity index is 3.00. The molecule has 82 valence electrons. The van der Waals surface area contributed by atoms with Gasteiger partial charge >= 0.3 is 17.0 Å². The second-order valence-corrected chi connectivity index (χ2v) is 3.50. The minimum atomic E-state index is -3.17. The first-order valence-electron chi connectivity index (χ1n) is 4.29. The molecule has 0 atom stereocenters. The lowest BCUT2D eigenvalue weighted by Gasteiger charge is -2.04. The summed E-state index contributed by atoms with van der Waals surface area (Å²) in [6.07, 6.45) is 0.663. The number of hydrogen-bond acceptors (Lipinski definition) is 5. The highest BCUT2D eigenvalue weighted by Crippen LogP contribution is 2.15. The van der Waals surface area contributed by atoms with Gasteiger partial charge in [0.25, 0.3) is 0 Å². The molecule has 15 heavy (non-hydrogen) atoms. The molecule has 1 rings (SSSR count). The van der Waals surface area contributed by atoms with Crippen LogP contribution in [0.4, 0.5) is 5.69 Å². The third kappa shape index (κ3) is 2.95. The summed E-state index contributed by atoms with van der Waals surface area (Å²) in [5.41, 5.74) is 7.16. The van der Waals surface area contributed by atoms with Gasteiger partial charge in [-0.1, -0.05) is 6.92 Å². The molecule has 0 aromatic heterocycles. The highest BCUT2D eigenvalue weighted by molar-refractivity contribution is 7.67. The third-order valence-corrected chi connectivity index (χ3v) is 2.23. The van der Waals surface area contributed by atoms with Gasteiger partial charge in [-0.05, 0) is 30.2 Å². The molecule has 0 radical (unpaired) electrons. The Bertz CT molecular complexity index is 445. The van der Waals surface area contributed by atoms with Crippen molar-refractivity contribution in [3.8, 4) is 0 Å². The van der Waals surface area contributed by atoms with E-state index >= 15 is 0 Å². The number of thiol groups is 1. The van der Waals surface area contributed by atoms with Crippen molar-refractivity contribution in [2.45, 2.75) is 13.3 Å². The van der Waals surface area contributed by atoms with Crippen molar-refractivity contribution in [1.82, 2.24) is 0 Å². The maximum atomic E-state index is 11.2. The lowest BCUT2D eigenvalue weighted by atomic mass is 10.1. The summed E-state index contributed by atoms with van der Waals surface area (Å²) in [4.78, 5) is 11.2. The molecule has 0 unspecified atom stereocenters. The van der Waals surface area contributed by atoms with Gasteiger partial charge in [0.05, 0.1) is 5.56 Å². The minimum Gasteiger partial charge on any atom is -0.399 e. The number of rotatable bonds is 3. The summed E-state index contributed by atoms with van der Waals surface area (Å²) in [6.45, 7) is 1.88. The van der Waals surface area contributed by atoms with Gasteiger partial charge in [0.15, 0.2) is 0 Å². The summed E-state index contributed by atoms with van der Waals surface area (Å²) in [7, 11) is -3.17. The second kappa shape index (κ2) is 4.79. The number of benzene rings is 1. The molecule has 0 fully saturated rings. The molecule has 0 saturated heterocycles. The molecule has 0 spiro atoms. The zero-order valence-electron chi connectivity index (χ0n) is 8.10. The van der Waals surface area contributed by atoms with Gasteiger partial charge in [0.2, 0.25) is 0 Å². The van der Waals surface area contributed by atoms with Crippen LogP contribution < -0.4 is 5.73 Å². The van der Waals surface area contributed by atoms with E-state index in [9.17, 15) is 13.2 Å². The fraction of sp³-hybridized carbons (Fsp3) is 0.222. The van der Waals surface area contributed by atoms with Crippen LogP contribution in [0.15, 0.2) is 18.2 Å². The second-order valence-electron chi connectivity index (χ2n) is 2.87. The van der Waals surface area contributed by atoms with Gasteiger partial charge in [0, 0.05) is 5.69 Å². The molecule has 0 aliphatic rings. The van der Waals surface area contributed by atoms with Crippen LogP contribution in [0.2, 0.25) is 0 Å². The largest absolute Gasteiger partial charge is 0.399 e. The number of carbonyl (C=O) groups is 1. The first kappa shape index (κ1) is 11.5. The lowest BCUT2D eigenvalue weighted by molar-refractivity contribution is 0.0754. The monoisotopic (exact) mass is 229 g/mol. The molecule has 0 amide bonds. The van der Waals surface area contributed by atoms with Crippen LogP contribution in [-0.4, -0.2) is 14.4 Å². The number of nitrogen functional groups attached to an aromatic ring is 1. The Kier molecular flexibility index (Phi) is 3.68. The molecule has 6 heteroatoms. The Labute approximate surface area is 89.0 Å². The molecule has 1 aromatic carbocycles. The smallest absolute Gasteiger partial charge is 0.353 e. The van der Waals surface area contributed by atoms with Crippen LogP contribution >= 0.6 is 0 Å². The minimum absolute atomic E-state index is 0.181. The van der Waals surface area contributed by atoms with E-state index in [-0.39, 0.29) is 5.56 Å². The number of nitrogens with two attached hydrogens (primary N) is 1. The Morgan fingerprint density at radius 3 is 2.67 bits per heavy atom. The van der Waals surface area contributed by atoms with Crippen molar-refractivity contribution in [1.29, 1.82) is 0 Å². The third-order valence-electron chi connectivity index (χ3n) is 1.92. The first-order valence-corrected chi connectivity index (χ1v) is 5.39. The van der Waals surface area contributed by atoms with E-state index in [4.69, 9.17) is 5.73 Å². The van der Waals surface area contributed by atoms with Crippen LogP contribution in [-0.2, 0) is 21.6 Å². The molecular weight excluding hydrogens is 218 g/mol. The Morgan fingerprint density at radius 2 is 2.13 bits per heavy atom. The number of anilines is 1. The van der Waals surface area contributed by atoms with Crippen molar-refractivity contribution < 1.29 is 17.4 Å². The molecule has 1 aromatic rings. The first-order chi connectivity index (χ1) is 7.04. The fourth-order valence-corrected chi connectivity index (χ4v) is 1.40. The Morgan fingerprint density at radius 1 is 1.47 bits per heavy atom. The summed E-state index contributed by atoms with van der Waals surface area (Å²) >= 11 is 0. The van der Waals surface area contributed by atoms with Gasteiger partial charge in [-0.2, -0.15) is 8.42 Å². The number of carbonyl (C=O) groups excluding carboxylic acids is 1.